The Morgan fingerprint density at radius 1 is 1.20 bits per heavy atom. The van der Waals surface area contributed by atoms with E-state index in [1.807, 2.05) is 0 Å². The van der Waals surface area contributed by atoms with Crippen LogP contribution in [0.15, 0.2) is 47.6 Å². The van der Waals surface area contributed by atoms with Gasteiger partial charge in [-0.05, 0) is 30.3 Å². The minimum atomic E-state index is -4.80. The van der Waals surface area contributed by atoms with E-state index in [4.69, 9.17) is 44.4 Å². The van der Waals surface area contributed by atoms with Gasteiger partial charge in [0.2, 0.25) is 0 Å². The van der Waals surface area contributed by atoms with Crippen LogP contribution in [0.1, 0.15) is 17.5 Å². The molecule has 1 aliphatic heterocycles. The van der Waals surface area contributed by atoms with Gasteiger partial charge in [0.25, 0.3) is 5.60 Å². The van der Waals surface area contributed by atoms with Gasteiger partial charge in [0, 0.05) is 33.3 Å². The Morgan fingerprint density at radius 2 is 1.90 bits per heavy atom. The van der Waals surface area contributed by atoms with E-state index in [9.17, 15) is 18.0 Å². The van der Waals surface area contributed by atoms with Gasteiger partial charge in [-0.25, -0.2) is 4.79 Å². The van der Waals surface area contributed by atoms with Crippen molar-refractivity contribution < 1.29 is 27.5 Å². The molecule has 30 heavy (non-hydrogen) atoms. The first-order valence-corrected chi connectivity index (χ1v) is 9.82. The molecule has 1 unspecified atom stereocenters. The quantitative estimate of drug-likeness (QED) is 0.505. The lowest BCUT2D eigenvalue weighted by molar-refractivity contribution is -0.275. The molecular formula is C19H14Cl3F3N2O3. The second-order valence-electron chi connectivity index (χ2n) is 6.32. The van der Waals surface area contributed by atoms with Crippen molar-refractivity contribution in [1.82, 2.24) is 0 Å². The minimum Gasteiger partial charge on any atom is -0.448 e. The number of hydrogen-bond donors (Lipinski definition) is 1. The maximum Gasteiger partial charge on any atom is 0.435 e. The number of hydrogen-bond acceptors (Lipinski definition) is 4. The highest BCUT2D eigenvalue weighted by molar-refractivity contribution is 6.34. The number of carbonyl (C=O) groups is 1. The second kappa shape index (κ2) is 8.91. The Kier molecular flexibility index (Phi) is 6.69. The van der Waals surface area contributed by atoms with Crippen LogP contribution in [0.5, 0.6) is 0 Å². The van der Waals surface area contributed by atoms with E-state index in [2.05, 4.69) is 10.5 Å². The molecule has 1 N–H and O–H groups in total. The third-order valence-corrected chi connectivity index (χ3v) is 4.86. The molecular weight excluding hydrogens is 468 g/mol. The van der Waals surface area contributed by atoms with E-state index in [1.165, 1.54) is 12.1 Å². The van der Waals surface area contributed by atoms with Crippen LogP contribution in [0.4, 0.5) is 23.7 Å². The van der Waals surface area contributed by atoms with Gasteiger partial charge in [0.15, 0.2) is 0 Å². The maximum atomic E-state index is 14.1. The summed E-state index contributed by atoms with van der Waals surface area (Å²) in [5.41, 5.74) is -2.31. The normalized spacial score (nSPS) is 18.5. The summed E-state index contributed by atoms with van der Waals surface area (Å²) >= 11 is 17.2. The number of benzene rings is 2. The second-order valence-corrected chi connectivity index (χ2v) is 7.57. The Bertz CT molecular complexity index is 965. The fourth-order valence-corrected chi connectivity index (χ4v) is 3.51. The van der Waals surface area contributed by atoms with Gasteiger partial charge < -0.3 is 9.57 Å². The van der Waals surface area contributed by atoms with Gasteiger partial charge in [-0.1, -0.05) is 40.5 Å². The zero-order valence-electron chi connectivity index (χ0n) is 15.1. The van der Waals surface area contributed by atoms with Crippen molar-refractivity contribution in [2.75, 3.05) is 17.8 Å². The molecule has 0 radical (unpaired) electrons. The van der Waals surface area contributed by atoms with Crippen LogP contribution in [0.25, 0.3) is 0 Å². The van der Waals surface area contributed by atoms with Crippen molar-refractivity contribution in [3.63, 3.8) is 0 Å². The van der Waals surface area contributed by atoms with E-state index in [0.29, 0.717) is 11.3 Å². The van der Waals surface area contributed by atoms with Gasteiger partial charge >= 0.3 is 12.3 Å². The summed E-state index contributed by atoms with van der Waals surface area (Å²) in [5, 5.41) is 6.23. The lowest BCUT2D eigenvalue weighted by Crippen LogP contribution is -2.42. The summed E-state index contributed by atoms with van der Waals surface area (Å²) in [6, 6.07) is 9.73. The van der Waals surface area contributed by atoms with Crippen LogP contribution in [-0.4, -0.2) is 30.5 Å². The Morgan fingerprint density at radius 3 is 2.53 bits per heavy atom. The summed E-state index contributed by atoms with van der Waals surface area (Å²) in [6.07, 6.45) is -6.14. The van der Waals surface area contributed by atoms with E-state index >= 15 is 0 Å². The summed E-state index contributed by atoms with van der Waals surface area (Å²) in [5.74, 6) is 0.134. The molecule has 1 atom stereocenters. The number of anilines is 1. The van der Waals surface area contributed by atoms with E-state index < -0.39 is 24.3 Å². The van der Waals surface area contributed by atoms with E-state index in [-0.39, 0.29) is 33.8 Å². The summed E-state index contributed by atoms with van der Waals surface area (Å²) in [6.45, 7) is 0.0178. The molecule has 3 rings (SSSR count). The molecule has 2 aromatic rings. The average Bonchev–Trinajstić information content (AvgIpc) is 3.13. The average molecular weight is 482 g/mol. The molecule has 0 bridgehead atoms. The number of nitrogens with zero attached hydrogens (tertiary/aromatic N) is 1. The van der Waals surface area contributed by atoms with Crippen molar-refractivity contribution in [1.29, 1.82) is 0 Å². The van der Waals surface area contributed by atoms with Gasteiger partial charge in [-0.15, -0.1) is 11.6 Å². The number of carbonyl (C=O) groups excluding carboxylic acids is 1. The number of ether oxygens (including phenoxy) is 1. The van der Waals surface area contributed by atoms with Crippen LogP contribution < -0.4 is 5.32 Å². The van der Waals surface area contributed by atoms with E-state index in [0.717, 1.165) is 12.1 Å². The van der Waals surface area contributed by atoms with Gasteiger partial charge in [-0.2, -0.15) is 13.2 Å². The fraction of sp³-hybridized carbons (Fsp3) is 0.263. The first-order chi connectivity index (χ1) is 14.1. The molecule has 1 aliphatic rings. The van der Waals surface area contributed by atoms with Crippen LogP contribution in [0.3, 0.4) is 0 Å². The summed E-state index contributed by atoms with van der Waals surface area (Å²) in [7, 11) is 0. The first kappa shape index (κ1) is 22.5. The van der Waals surface area contributed by atoms with Crippen molar-refractivity contribution in [2.45, 2.75) is 18.2 Å². The zero-order valence-corrected chi connectivity index (χ0v) is 17.4. The topological polar surface area (TPSA) is 59.9 Å². The third kappa shape index (κ3) is 4.77. The predicted octanol–water partition coefficient (Wildman–Crippen LogP) is 6.36. The molecule has 0 saturated carbocycles. The SMILES string of the molecule is O=C(Nc1cccc(C2=NOC(c3cc(Cl)cc(Cl)c3)(C(F)(F)F)C2)c1)OCCCl. The highest BCUT2D eigenvalue weighted by atomic mass is 35.5. The molecule has 0 aliphatic carbocycles. The van der Waals surface area contributed by atoms with Crippen LogP contribution in [0.2, 0.25) is 10.0 Å². The molecule has 1 amide bonds. The van der Waals surface area contributed by atoms with Crippen LogP contribution in [-0.2, 0) is 15.2 Å². The van der Waals surface area contributed by atoms with E-state index in [1.54, 1.807) is 18.2 Å². The first-order valence-electron chi connectivity index (χ1n) is 8.53. The van der Waals surface area contributed by atoms with Gasteiger partial charge in [0.05, 0.1) is 11.6 Å². The monoisotopic (exact) mass is 480 g/mol. The minimum absolute atomic E-state index is 0.0178. The number of halogens is 6. The Labute approximate surface area is 184 Å². The molecule has 0 spiro atoms. The van der Waals surface area contributed by atoms with Crippen molar-refractivity contribution in [3.05, 3.63) is 63.6 Å². The molecule has 1 heterocycles. The molecule has 5 nitrogen and oxygen atoms in total. The molecule has 160 valence electrons. The Hall–Kier alpha value is -2.16. The number of amides is 1. The standard InChI is InChI=1S/C19H14Cl3F3N2O3/c20-4-5-29-17(28)26-15-3-1-2-11(6-15)16-10-18(30-27-16,19(23,24)25)12-7-13(21)9-14(22)8-12/h1-3,6-9H,4-5,10H2,(H,26,28). The van der Waals surface area contributed by atoms with Gasteiger partial charge in [-0.3, -0.25) is 5.32 Å². The lowest BCUT2D eigenvalue weighted by atomic mass is 9.86. The number of oxime groups is 1. The number of alkyl halides is 4. The summed E-state index contributed by atoms with van der Waals surface area (Å²) < 4.78 is 47.0. The molecule has 0 fully saturated rings. The highest BCUT2D eigenvalue weighted by Gasteiger charge is 2.62. The predicted molar refractivity (Wildman–Crippen MR) is 109 cm³/mol. The van der Waals surface area contributed by atoms with Crippen molar-refractivity contribution >= 4 is 52.3 Å². The zero-order chi connectivity index (χ0) is 21.9. The summed E-state index contributed by atoms with van der Waals surface area (Å²) in [4.78, 5) is 16.6. The van der Waals surface area contributed by atoms with Crippen molar-refractivity contribution in [3.8, 4) is 0 Å². The highest BCUT2D eigenvalue weighted by Crippen LogP contribution is 2.49. The maximum absolute atomic E-state index is 14.1. The lowest BCUT2D eigenvalue weighted by Gasteiger charge is -2.29. The van der Waals surface area contributed by atoms with Crippen LogP contribution in [0, 0.1) is 0 Å². The Balaban J connectivity index is 1.88. The smallest absolute Gasteiger partial charge is 0.435 e. The third-order valence-electron chi connectivity index (χ3n) is 4.27. The van der Waals surface area contributed by atoms with Gasteiger partial charge in [0.1, 0.15) is 6.61 Å². The van der Waals surface area contributed by atoms with Crippen LogP contribution >= 0.6 is 34.8 Å². The fourth-order valence-electron chi connectivity index (χ4n) is 2.91. The molecule has 2 aromatic carbocycles. The number of nitrogens with one attached hydrogen (secondary N) is 1. The number of rotatable bonds is 5. The molecule has 0 aromatic heterocycles. The van der Waals surface area contributed by atoms with Crippen molar-refractivity contribution in [2.24, 2.45) is 5.16 Å². The molecule has 11 heteroatoms. The molecule has 0 saturated heterocycles. The largest absolute Gasteiger partial charge is 0.448 e.